The molecule has 9 heteroatoms. The van der Waals surface area contributed by atoms with Gasteiger partial charge < -0.3 is 15.4 Å². The Labute approximate surface area is 157 Å². The highest BCUT2D eigenvalue weighted by Crippen LogP contribution is 2.17. The van der Waals surface area contributed by atoms with Gasteiger partial charge in [-0.2, -0.15) is 13.2 Å². The summed E-state index contributed by atoms with van der Waals surface area (Å²) in [5.74, 6) is 1.13. The molecule has 0 aliphatic rings. The molecule has 0 unspecified atom stereocenters. The van der Waals surface area contributed by atoms with Crippen molar-refractivity contribution < 1.29 is 17.9 Å². The normalized spacial score (nSPS) is 11.9. The van der Waals surface area contributed by atoms with Gasteiger partial charge in [-0.1, -0.05) is 19.9 Å². The second kappa shape index (κ2) is 11.3. The van der Waals surface area contributed by atoms with Crippen LogP contribution in [0.2, 0.25) is 0 Å². The Kier molecular flexibility index (Phi) is 10.7. The number of rotatable bonds is 7. The Morgan fingerprint density at radius 3 is 2.50 bits per heavy atom. The summed E-state index contributed by atoms with van der Waals surface area (Å²) in [6.07, 6.45) is -2.91. The second-order valence-corrected chi connectivity index (χ2v) is 5.38. The Hall–Kier alpha value is -1.26. The van der Waals surface area contributed by atoms with E-state index in [-0.39, 0.29) is 29.9 Å². The summed E-state index contributed by atoms with van der Waals surface area (Å²) in [5, 5.41) is 6.33. The highest BCUT2D eigenvalue weighted by molar-refractivity contribution is 14.0. The molecule has 24 heavy (non-hydrogen) atoms. The summed E-state index contributed by atoms with van der Waals surface area (Å²) in [4.78, 5) is 8.25. The van der Waals surface area contributed by atoms with E-state index in [1.165, 1.54) is 12.3 Å². The summed E-state index contributed by atoms with van der Waals surface area (Å²) in [6.45, 7) is 6.74. The number of pyridine rings is 1. The number of ether oxygens (including phenoxy) is 1. The molecular formula is C15H24F3IN4O. The van der Waals surface area contributed by atoms with Gasteiger partial charge in [0.15, 0.2) is 12.6 Å². The zero-order chi connectivity index (χ0) is 17.3. The Morgan fingerprint density at radius 2 is 2.00 bits per heavy atom. The number of nitrogens with zero attached hydrogens (tertiary/aromatic N) is 2. The van der Waals surface area contributed by atoms with Gasteiger partial charge in [-0.3, -0.25) is 0 Å². The van der Waals surface area contributed by atoms with Crippen molar-refractivity contribution in [3.63, 3.8) is 0 Å². The molecule has 1 heterocycles. The molecule has 0 fully saturated rings. The third kappa shape index (κ3) is 10.5. The van der Waals surface area contributed by atoms with Gasteiger partial charge in [-0.05, 0) is 18.4 Å². The van der Waals surface area contributed by atoms with E-state index in [0.29, 0.717) is 18.4 Å². The summed E-state index contributed by atoms with van der Waals surface area (Å²) >= 11 is 0. The SMILES string of the molecule is CCNC(=NCc1ccc(OCC(F)(F)F)nc1)NCC(C)C.I. The van der Waals surface area contributed by atoms with Gasteiger partial charge in [0.25, 0.3) is 0 Å². The monoisotopic (exact) mass is 460 g/mol. The van der Waals surface area contributed by atoms with Crippen molar-refractivity contribution in [3.8, 4) is 5.88 Å². The van der Waals surface area contributed by atoms with Crippen molar-refractivity contribution in [1.82, 2.24) is 15.6 Å². The van der Waals surface area contributed by atoms with Crippen LogP contribution in [0.1, 0.15) is 26.3 Å². The van der Waals surface area contributed by atoms with Crippen LogP contribution in [0.15, 0.2) is 23.3 Å². The maximum absolute atomic E-state index is 12.0. The molecule has 0 aliphatic heterocycles. The van der Waals surface area contributed by atoms with Crippen LogP contribution >= 0.6 is 24.0 Å². The molecule has 1 rings (SSSR count). The van der Waals surface area contributed by atoms with Crippen molar-refractivity contribution >= 4 is 29.9 Å². The lowest BCUT2D eigenvalue weighted by molar-refractivity contribution is -0.154. The van der Waals surface area contributed by atoms with Gasteiger partial charge in [-0.25, -0.2) is 9.98 Å². The lowest BCUT2D eigenvalue weighted by Crippen LogP contribution is -2.39. The van der Waals surface area contributed by atoms with Crippen LogP contribution in [0.25, 0.3) is 0 Å². The number of aromatic nitrogens is 1. The van der Waals surface area contributed by atoms with Crippen molar-refractivity contribution in [1.29, 1.82) is 0 Å². The Balaban J connectivity index is 0.00000529. The van der Waals surface area contributed by atoms with Crippen LogP contribution in [0, 0.1) is 5.92 Å². The summed E-state index contributed by atoms with van der Waals surface area (Å²) in [5.41, 5.74) is 0.783. The molecule has 2 N–H and O–H groups in total. The Morgan fingerprint density at radius 1 is 1.29 bits per heavy atom. The highest BCUT2D eigenvalue weighted by atomic mass is 127. The van der Waals surface area contributed by atoms with Crippen LogP contribution in [0.4, 0.5) is 13.2 Å². The number of hydrogen-bond donors (Lipinski definition) is 2. The predicted octanol–water partition coefficient (Wildman–Crippen LogP) is 3.35. The summed E-state index contributed by atoms with van der Waals surface area (Å²) in [6, 6.07) is 3.05. The van der Waals surface area contributed by atoms with Crippen molar-refractivity contribution in [2.24, 2.45) is 10.9 Å². The molecule has 138 valence electrons. The first-order valence-corrected chi connectivity index (χ1v) is 7.47. The second-order valence-electron chi connectivity index (χ2n) is 5.38. The lowest BCUT2D eigenvalue weighted by atomic mass is 10.2. The van der Waals surface area contributed by atoms with Crippen LogP contribution in [-0.2, 0) is 6.54 Å². The van der Waals surface area contributed by atoms with Crippen LogP contribution < -0.4 is 15.4 Å². The topological polar surface area (TPSA) is 58.5 Å². The standard InChI is InChI=1S/C15H23F3N4O.HI/c1-4-19-14(21-7-11(2)3)22-9-12-5-6-13(20-8-12)23-10-15(16,17)18;/h5-6,8,11H,4,7,9-10H2,1-3H3,(H2,19,21,22);1H. The molecule has 0 spiro atoms. The molecule has 5 nitrogen and oxygen atoms in total. The average molecular weight is 460 g/mol. The van der Waals surface area contributed by atoms with E-state index in [2.05, 4.69) is 39.2 Å². The van der Waals surface area contributed by atoms with Gasteiger partial charge in [0.2, 0.25) is 5.88 Å². The van der Waals surface area contributed by atoms with E-state index in [9.17, 15) is 13.2 Å². The number of alkyl halides is 3. The Bertz CT molecular complexity index is 492. The van der Waals surface area contributed by atoms with E-state index in [4.69, 9.17) is 0 Å². The van der Waals surface area contributed by atoms with Gasteiger partial charge in [0.05, 0.1) is 6.54 Å². The molecule has 0 aromatic carbocycles. The fraction of sp³-hybridized carbons (Fsp3) is 0.600. The zero-order valence-electron chi connectivity index (χ0n) is 14.0. The van der Waals surface area contributed by atoms with Gasteiger partial charge in [0.1, 0.15) is 0 Å². The number of halogens is 4. The van der Waals surface area contributed by atoms with Gasteiger partial charge in [0, 0.05) is 25.4 Å². The fourth-order valence-corrected chi connectivity index (χ4v) is 1.56. The van der Waals surface area contributed by atoms with Crippen LogP contribution in [-0.4, -0.2) is 36.8 Å². The minimum absolute atomic E-state index is 0. The molecule has 0 radical (unpaired) electrons. The smallest absolute Gasteiger partial charge is 0.422 e. The van der Waals surface area contributed by atoms with E-state index in [0.717, 1.165) is 18.7 Å². The third-order valence-corrected chi connectivity index (χ3v) is 2.62. The van der Waals surface area contributed by atoms with Crippen molar-refractivity contribution in [2.45, 2.75) is 33.5 Å². The minimum atomic E-state index is -4.37. The number of nitrogens with one attached hydrogen (secondary N) is 2. The molecule has 0 amide bonds. The number of hydrogen-bond acceptors (Lipinski definition) is 3. The van der Waals surface area contributed by atoms with Crippen LogP contribution in [0.3, 0.4) is 0 Å². The van der Waals surface area contributed by atoms with E-state index < -0.39 is 12.8 Å². The first-order valence-electron chi connectivity index (χ1n) is 7.47. The molecule has 1 aromatic rings. The highest BCUT2D eigenvalue weighted by Gasteiger charge is 2.28. The van der Waals surface area contributed by atoms with Crippen molar-refractivity contribution in [2.75, 3.05) is 19.7 Å². The molecule has 1 aromatic heterocycles. The molecule has 0 aliphatic carbocycles. The quantitative estimate of drug-likeness (QED) is 0.373. The van der Waals surface area contributed by atoms with Crippen LogP contribution in [0.5, 0.6) is 5.88 Å². The summed E-state index contributed by atoms with van der Waals surface area (Å²) in [7, 11) is 0. The molecule has 0 saturated heterocycles. The fourth-order valence-electron chi connectivity index (χ4n) is 1.56. The van der Waals surface area contributed by atoms with Crippen molar-refractivity contribution in [3.05, 3.63) is 23.9 Å². The largest absolute Gasteiger partial charge is 0.468 e. The first-order chi connectivity index (χ1) is 10.8. The lowest BCUT2D eigenvalue weighted by Gasteiger charge is -2.13. The van der Waals surface area contributed by atoms with Gasteiger partial charge >= 0.3 is 6.18 Å². The average Bonchev–Trinajstić information content (AvgIpc) is 2.48. The maximum Gasteiger partial charge on any atom is 0.422 e. The third-order valence-electron chi connectivity index (χ3n) is 2.62. The molecular weight excluding hydrogens is 436 g/mol. The maximum atomic E-state index is 12.0. The van der Waals surface area contributed by atoms with E-state index in [1.807, 2.05) is 6.92 Å². The van der Waals surface area contributed by atoms with Gasteiger partial charge in [-0.15, -0.1) is 24.0 Å². The number of guanidine groups is 1. The first kappa shape index (κ1) is 22.7. The predicted molar refractivity (Wildman–Crippen MR) is 98.9 cm³/mol. The molecule has 0 atom stereocenters. The van der Waals surface area contributed by atoms with E-state index >= 15 is 0 Å². The minimum Gasteiger partial charge on any atom is -0.468 e. The number of aliphatic imine (C=N–C) groups is 1. The molecule has 0 saturated carbocycles. The summed E-state index contributed by atoms with van der Waals surface area (Å²) < 4.78 is 40.7. The zero-order valence-corrected chi connectivity index (χ0v) is 16.3. The molecule has 0 bridgehead atoms. The van der Waals surface area contributed by atoms with E-state index in [1.54, 1.807) is 6.07 Å².